The Morgan fingerprint density at radius 1 is 1.00 bits per heavy atom. The van der Waals surface area contributed by atoms with E-state index in [-0.39, 0.29) is 0 Å². The molecule has 0 saturated heterocycles. The first-order chi connectivity index (χ1) is 8.04. The van der Waals surface area contributed by atoms with Gasteiger partial charge in [0.2, 0.25) is 0 Å². The van der Waals surface area contributed by atoms with Crippen LogP contribution in [0.4, 0.5) is 0 Å². The maximum atomic E-state index is 2.38. The average Bonchev–Trinajstić information content (AvgIpc) is 3.08. The van der Waals surface area contributed by atoms with Gasteiger partial charge in [-0.25, -0.2) is 0 Å². The van der Waals surface area contributed by atoms with E-state index in [0.717, 1.165) is 11.8 Å². The lowest BCUT2D eigenvalue weighted by atomic mass is 9.84. The number of aryl methyl sites for hydroxylation is 1. The molecule has 2 rings (SSSR count). The molecule has 94 valence electrons. The first-order valence-electron chi connectivity index (χ1n) is 7.14. The fourth-order valence-corrected chi connectivity index (χ4v) is 2.79. The molecule has 0 nitrogen and oxygen atoms in total. The summed E-state index contributed by atoms with van der Waals surface area (Å²) in [7, 11) is 0. The Balaban J connectivity index is 2.03. The fraction of sp³-hybridized carbons (Fsp3) is 0.647. The van der Waals surface area contributed by atoms with Gasteiger partial charge in [-0.05, 0) is 54.1 Å². The third kappa shape index (κ3) is 2.73. The molecule has 0 atom stereocenters. The summed E-state index contributed by atoms with van der Waals surface area (Å²) >= 11 is 0. The monoisotopic (exact) mass is 230 g/mol. The van der Waals surface area contributed by atoms with Crippen LogP contribution < -0.4 is 0 Å². The van der Waals surface area contributed by atoms with Crippen molar-refractivity contribution in [2.75, 3.05) is 0 Å². The highest BCUT2D eigenvalue weighted by Gasteiger charge is 2.46. The highest BCUT2D eigenvalue weighted by atomic mass is 14.5. The summed E-state index contributed by atoms with van der Waals surface area (Å²) in [6, 6.07) is 9.45. The highest BCUT2D eigenvalue weighted by Crippen LogP contribution is 2.53. The summed E-state index contributed by atoms with van der Waals surface area (Å²) in [6.07, 6.45) is 5.30. The molecule has 0 heteroatoms. The van der Waals surface area contributed by atoms with Crippen LogP contribution in [-0.4, -0.2) is 0 Å². The van der Waals surface area contributed by atoms with E-state index in [2.05, 4.69) is 52.0 Å². The lowest BCUT2D eigenvalue weighted by Crippen LogP contribution is -2.14. The Morgan fingerprint density at radius 3 is 2.00 bits per heavy atom. The third-order valence-corrected chi connectivity index (χ3v) is 4.43. The van der Waals surface area contributed by atoms with Crippen LogP contribution in [0.2, 0.25) is 0 Å². The van der Waals surface area contributed by atoms with Crippen molar-refractivity contribution in [1.29, 1.82) is 0 Å². The van der Waals surface area contributed by atoms with Crippen LogP contribution in [0.25, 0.3) is 0 Å². The van der Waals surface area contributed by atoms with E-state index < -0.39 is 0 Å². The first kappa shape index (κ1) is 12.7. The van der Waals surface area contributed by atoms with Crippen molar-refractivity contribution < 1.29 is 0 Å². The van der Waals surface area contributed by atoms with Crippen LogP contribution in [-0.2, 0) is 11.8 Å². The van der Waals surface area contributed by atoms with Crippen LogP contribution >= 0.6 is 0 Å². The van der Waals surface area contributed by atoms with Gasteiger partial charge in [0.25, 0.3) is 0 Å². The zero-order chi connectivity index (χ0) is 12.5. The predicted molar refractivity (Wildman–Crippen MR) is 75.4 cm³/mol. The lowest BCUT2D eigenvalue weighted by Gasteiger charge is -2.20. The summed E-state index contributed by atoms with van der Waals surface area (Å²) in [5.41, 5.74) is 3.60. The zero-order valence-corrected chi connectivity index (χ0v) is 11.8. The molecule has 0 spiro atoms. The lowest BCUT2D eigenvalue weighted by molar-refractivity contribution is 0.481. The van der Waals surface area contributed by atoms with Gasteiger partial charge in [-0.15, -0.1) is 0 Å². The van der Waals surface area contributed by atoms with Gasteiger partial charge in [0, 0.05) is 0 Å². The van der Waals surface area contributed by atoms with Gasteiger partial charge in [0.05, 0.1) is 0 Å². The molecule has 0 amide bonds. The van der Waals surface area contributed by atoms with E-state index in [1.807, 2.05) is 0 Å². The predicted octanol–water partition coefficient (Wildman–Crippen LogP) is 4.96. The molecule has 1 aliphatic carbocycles. The quantitative estimate of drug-likeness (QED) is 0.670. The van der Waals surface area contributed by atoms with Crippen molar-refractivity contribution >= 4 is 0 Å². The molecule has 1 aliphatic rings. The second kappa shape index (κ2) is 4.84. The second-order valence-corrected chi connectivity index (χ2v) is 6.44. The molecule has 17 heavy (non-hydrogen) atoms. The number of benzene rings is 1. The van der Waals surface area contributed by atoms with E-state index in [1.165, 1.54) is 31.2 Å². The molecule has 0 bridgehead atoms. The summed E-state index contributed by atoms with van der Waals surface area (Å²) in [6.45, 7) is 9.32. The van der Waals surface area contributed by atoms with E-state index >= 15 is 0 Å². The molecular weight excluding hydrogens is 204 g/mol. The van der Waals surface area contributed by atoms with Crippen molar-refractivity contribution in [2.45, 2.75) is 58.8 Å². The Bertz CT molecular complexity index is 352. The maximum absolute atomic E-state index is 2.38. The van der Waals surface area contributed by atoms with Crippen molar-refractivity contribution in [1.82, 2.24) is 0 Å². The highest BCUT2D eigenvalue weighted by molar-refractivity contribution is 5.34. The van der Waals surface area contributed by atoms with E-state index in [0.29, 0.717) is 5.41 Å². The van der Waals surface area contributed by atoms with Crippen molar-refractivity contribution in [3.63, 3.8) is 0 Å². The summed E-state index contributed by atoms with van der Waals surface area (Å²) in [5.74, 6) is 1.59. The topological polar surface area (TPSA) is 0 Å². The largest absolute Gasteiger partial charge is 0.0628 e. The number of hydrogen-bond donors (Lipinski definition) is 0. The minimum absolute atomic E-state index is 0.524. The second-order valence-electron chi connectivity index (χ2n) is 6.44. The van der Waals surface area contributed by atoms with Gasteiger partial charge < -0.3 is 0 Å². The van der Waals surface area contributed by atoms with Gasteiger partial charge in [0.1, 0.15) is 0 Å². The summed E-state index contributed by atoms with van der Waals surface area (Å²) in [5, 5.41) is 0. The number of rotatable bonds is 5. The Hall–Kier alpha value is -0.780. The van der Waals surface area contributed by atoms with Gasteiger partial charge in [-0.2, -0.15) is 0 Å². The Kier molecular flexibility index (Phi) is 3.61. The van der Waals surface area contributed by atoms with Crippen LogP contribution in [0.15, 0.2) is 24.3 Å². The molecule has 1 aromatic carbocycles. The normalized spacial score (nSPS) is 17.8. The first-order valence-corrected chi connectivity index (χ1v) is 7.14. The molecule has 0 heterocycles. The van der Waals surface area contributed by atoms with Gasteiger partial charge >= 0.3 is 0 Å². The smallest absolute Gasteiger partial charge is 0.00234 e. The van der Waals surface area contributed by atoms with Gasteiger partial charge in [-0.3, -0.25) is 0 Å². The van der Waals surface area contributed by atoms with Crippen LogP contribution in [0.3, 0.4) is 0 Å². The van der Waals surface area contributed by atoms with Crippen LogP contribution in [0.1, 0.15) is 58.1 Å². The minimum atomic E-state index is 0.524. The summed E-state index contributed by atoms with van der Waals surface area (Å²) < 4.78 is 0. The van der Waals surface area contributed by atoms with Crippen molar-refractivity contribution in [3.8, 4) is 0 Å². The zero-order valence-electron chi connectivity index (χ0n) is 11.8. The minimum Gasteiger partial charge on any atom is -0.0628 e. The van der Waals surface area contributed by atoms with Crippen molar-refractivity contribution in [3.05, 3.63) is 35.4 Å². The molecule has 1 fully saturated rings. The molecule has 1 saturated carbocycles. The van der Waals surface area contributed by atoms with Crippen molar-refractivity contribution in [2.24, 2.45) is 11.8 Å². The van der Waals surface area contributed by atoms with Gasteiger partial charge in [0.15, 0.2) is 0 Å². The third-order valence-electron chi connectivity index (χ3n) is 4.43. The van der Waals surface area contributed by atoms with Gasteiger partial charge in [-0.1, -0.05) is 52.0 Å². The van der Waals surface area contributed by atoms with Crippen LogP contribution in [0, 0.1) is 11.8 Å². The van der Waals surface area contributed by atoms with E-state index in [1.54, 1.807) is 5.56 Å². The van der Waals surface area contributed by atoms with Crippen LogP contribution in [0.5, 0.6) is 0 Å². The van der Waals surface area contributed by atoms with E-state index in [4.69, 9.17) is 0 Å². The van der Waals surface area contributed by atoms with E-state index in [9.17, 15) is 0 Å². The maximum Gasteiger partial charge on any atom is -0.00234 e. The molecule has 1 aromatic rings. The molecule has 0 N–H and O–H groups in total. The molecule has 0 unspecified atom stereocenters. The average molecular weight is 230 g/mol. The fourth-order valence-electron chi connectivity index (χ4n) is 2.79. The Labute approximate surface area is 106 Å². The molecule has 0 radical (unpaired) electrons. The number of hydrogen-bond acceptors (Lipinski definition) is 0. The molecule has 0 aromatic heterocycles. The summed E-state index contributed by atoms with van der Waals surface area (Å²) in [4.78, 5) is 0. The molecular formula is C17H26. The SMILES string of the molecule is CC(C)CCc1ccc(C2(C(C)C)CC2)cc1. The Morgan fingerprint density at radius 2 is 1.59 bits per heavy atom. The standard InChI is InChI=1S/C17H26/c1-13(2)5-6-15-7-9-16(10-8-15)17(11-12-17)14(3)4/h7-10,13-14H,5-6,11-12H2,1-4H3. The molecule has 0 aliphatic heterocycles.